The summed E-state index contributed by atoms with van der Waals surface area (Å²) in [6, 6.07) is 0. The van der Waals surface area contributed by atoms with E-state index in [1.54, 1.807) is 6.20 Å². The van der Waals surface area contributed by atoms with E-state index in [9.17, 15) is 4.79 Å². The Labute approximate surface area is 136 Å². The number of hydrogen-bond donors (Lipinski definition) is 0. The van der Waals surface area contributed by atoms with Crippen LogP contribution >= 0.6 is 15.9 Å². The van der Waals surface area contributed by atoms with Gasteiger partial charge in [0.15, 0.2) is 0 Å². The lowest BCUT2D eigenvalue weighted by molar-refractivity contribution is 0.0474. The van der Waals surface area contributed by atoms with Crippen LogP contribution in [0, 0.1) is 5.92 Å². The van der Waals surface area contributed by atoms with Crippen LogP contribution in [0.25, 0.3) is 0 Å². The molecule has 1 fully saturated rings. The smallest absolute Gasteiger partial charge is 0.202 e. The molecule has 118 valence electrons. The largest absolute Gasteiger partial charge is 0.297 e. The summed E-state index contributed by atoms with van der Waals surface area (Å²) in [6.07, 6.45) is 6.93. The third-order valence-electron chi connectivity index (χ3n) is 4.70. The fourth-order valence-electron chi connectivity index (χ4n) is 3.53. The molecule has 2 unspecified atom stereocenters. The molecule has 2 atom stereocenters. The summed E-state index contributed by atoms with van der Waals surface area (Å²) in [5.74, 6) is 0.809. The van der Waals surface area contributed by atoms with Gasteiger partial charge >= 0.3 is 0 Å². The van der Waals surface area contributed by atoms with Gasteiger partial charge in [-0.25, -0.2) is 0 Å². The van der Waals surface area contributed by atoms with Gasteiger partial charge in [-0.2, -0.15) is 5.10 Å². The summed E-state index contributed by atoms with van der Waals surface area (Å²) in [5.41, 5.74) is 0.353. The van der Waals surface area contributed by atoms with Gasteiger partial charge in [0.25, 0.3) is 0 Å². The van der Waals surface area contributed by atoms with E-state index in [-0.39, 0.29) is 11.3 Å². The van der Waals surface area contributed by atoms with E-state index in [0.717, 1.165) is 42.4 Å². The van der Waals surface area contributed by atoms with E-state index < -0.39 is 0 Å². The molecular weight excluding hydrogens is 330 g/mol. The van der Waals surface area contributed by atoms with Crippen LogP contribution in [0.1, 0.15) is 56.4 Å². The number of rotatable bonds is 5. The third kappa shape index (κ3) is 3.09. The Morgan fingerprint density at radius 3 is 2.86 bits per heavy atom. The van der Waals surface area contributed by atoms with Crippen LogP contribution in [-0.2, 0) is 6.54 Å². The van der Waals surface area contributed by atoms with E-state index in [1.165, 1.54) is 6.42 Å². The molecule has 0 saturated heterocycles. The molecule has 1 saturated carbocycles. The van der Waals surface area contributed by atoms with Crippen LogP contribution < -0.4 is 0 Å². The summed E-state index contributed by atoms with van der Waals surface area (Å²) in [6.45, 7) is 5.14. The van der Waals surface area contributed by atoms with Crippen molar-refractivity contribution in [3.63, 3.8) is 0 Å². The van der Waals surface area contributed by atoms with E-state index in [0.29, 0.717) is 5.92 Å². The molecule has 2 rings (SSSR count). The van der Waals surface area contributed by atoms with Gasteiger partial charge in [0.05, 0.1) is 16.2 Å². The van der Waals surface area contributed by atoms with Crippen LogP contribution in [0.15, 0.2) is 10.7 Å². The molecule has 0 bridgehead atoms. The van der Waals surface area contributed by atoms with Crippen LogP contribution in [0.2, 0.25) is 0 Å². The molecule has 0 aromatic carbocycles. The van der Waals surface area contributed by atoms with Gasteiger partial charge in [-0.3, -0.25) is 14.4 Å². The topological polar surface area (TPSA) is 38.1 Å². The monoisotopic (exact) mass is 355 g/mol. The van der Waals surface area contributed by atoms with Gasteiger partial charge < -0.3 is 0 Å². The van der Waals surface area contributed by atoms with Crippen LogP contribution in [0.3, 0.4) is 0 Å². The summed E-state index contributed by atoms with van der Waals surface area (Å²) in [7, 11) is 4.06. The fraction of sp³-hybridized carbons (Fsp3) is 0.750. The second kappa shape index (κ2) is 6.61. The van der Waals surface area contributed by atoms with Crippen molar-refractivity contribution >= 4 is 21.7 Å². The normalized spacial score (nSPS) is 26.3. The molecule has 4 nitrogen and oxygen atoms in total. The minimum Gasteiger partial charge on any atom is -0.297 e. The molecule has 1 heterocycles. The van der Waals surface area contributed by atoms with E-state index in [1.807, 2.05) is 18.8 Å². The van der Waals surface area contributed by atoms with Crippen molar-refractivity contribution in [2.24, 2.45) is 5.92 Å². The van der Waals surface area contributed by atoms with Crippen LogP contribution in [0.4, 0.5) is 0 Å². The molecule has 5 heteroatoms. The van der Waals surface area contributed by atoms with Gasteiger partial charge in [-0.1, -0.05) is 26.7 Å². The Hall–Kier alpha value is -0.680. The number of likely N-dealkylation sites (N-methyl/N-ethyl adjacent to an activating group) is 1. The lowest BCUT2D eigenvalue weighted by Gasteiger charge is -2.43. The zero-order valence-corrected chi connectivity index (χ0v) is 15.1. The number of carbonyl (C=O) groups excluding carboxylic acids is 1. The number of hydrogen-bond acceptors (Lipinski definition) is 3. The number of Topliss-reactive ketones (excluding diaryl/α,β-unsaturated/α-hetero) is 1. The van der Waals surface area contributed by atoms with Gasteiger partial charge in [-0.15, -0.1) is 0 Å². The first-order chi connectivity index (χ1) is 9.92. The number of nitrogens with zero attached hydrogens (tertiary/aromatic N) is 3. The van der Waals surface area contributed by atoms with Crippen molar-refractivity contribution in [3.8, 4) is 0 Å². The summed E-state index contributed by atoms with van der Waals surface area (Å²) >= 11 is 3.52. The first-order valence-corrected chi connectivity index (χ1v) is 8.65. The molecular formula is C16H26BrN3O. The van der Waals surface area contributed by atoms with E-state index in [2.05, 4.69) is 39.8 Å². The Bertz CT molecular complexity index is 512. The number of carbonyl (C=O) groups is 1. The van der Waals surface area contributed by atoms with E-state index >= 15 is 0 Å². The van der Waals surface area contributed by atoms with Crippen LogP contribution in [-0.4, -0.2) is 40.1 Å². The average molecular weight is 356 g/mol. The highest BCUT2D eigenvalue weighted by Crippen LogP contribution is 2.39. The molecule has 0 N–H and O–H groups in total. The summed E-state index contributed by atoms with van der Waals surface area (Å²) < 4.78 is 2.68. The number of aromatic nitrogens is 2. The number of aryl methyl sites for hydroxylation is 1. The Balaban J connectivity index is 2.42. The number of ketones is 1. The lowest BCUT2D eigenvalue weighted by atomic mass is 9.72. The van der Waals surface area contributed by atoms with Crippen molar-refractivity contribution < 1.29 is 4.79 Å². The molecule has 0 amide bonds. The maximum absolute atomic E-state index is 13.4. The standard InChI is InChI=1S/C16H26BrN3O/c1-5-9-20-14(13(17)11-18-20)15(21)16(19(3)4)8-6-7-12(2)10-16/h11-12H,5-10H2,1-4H3. The Morgan fingerprint density at radius 2 is 2.29 bits per heavy atom. The average Bonchev–Trinajstić information content (AvgIpc) is 2.79. The maximum Gasteiger partial charge on any atom is 0.202 e. The molecule has 0 aliphatic heterocycles. The van der Waals surface area contributed by atoms with Crippen LogP contribution in [0.5, 0.6) is 0 Å². The second-order valence-electron chi connectivity index (χ2n) is 6.52. The predicted octanol–water partition coefficient (Wildman–Crippen LogP) is 3.75. The third-order valence-corrected chi connectivity index (χ3v) is 5.28. The number of halogens is 1. The van der Waals surface area contributed by atoms with Crippen molar-refractivity contribution in [3.05, 3.63) is 16.4 Å². The van der Waals surface area contributed by atoms with Gasteiger partial charge in [-0.05, 0) is 55.2 Å². The van der Waals surface area contributed by atoms with E-state index in [4.69, 9.17) is 0 Å². The minimum absolute atomic E-state index is 0.219. The highest BCUT2D eigenvalue weighted by Gasteiger charge is 2.45. The lowest BCUT2D eigenvalue weighted by Crippen LogP contribution is -2.54. The molecule has 1 aliphatic rings. The fourth-order valence-corrected chi connectivity index (χ4v) is 4.01. The molecule has 1 aromatic heterocycles. The van der Waals surface area contributed by atoms with Crippen molar-refractivity contribution in [1.29, 1.82) is 0 Å². The summed E-state index contributed by atoms with van der Waals surface area (Å²) in [4.78, 5) is 15.5. The summed E-state index contributed by atoms with van der Waals surface area (Å²) in [5, 5.41) is 4.36. The second-order valence-corrected chi connectivity index (χ2v) is 7.38. The minimum atomic E-state index is -0.383. The quantitative estimate of drug-likeness (QED) is 0.755. The molecule has 21 heavy (non-hydrogen) atoms. The molecule has 0 radical (unpaired) electrons. The SMILES string of the molecule is CCCn1ncc(Br)c1C(=O)C1(N(C)C)CCCC(C)C1. The zero-order valence-electron chi connectivity index (χ0n) is 13.5. The Kier molecular flexibility index (Phi) is 5.25. The maximum atomic E-state index is 13.4. The zero-order chi connectivity index (χ0) is 15.6. The van der Waals surface area contributed by atoms with Crippen molar-refractivity contribution in [1.82, 2.24) is 14.7 Å². The first-order valence-electron chi connectivity index (χ1n) is 7.86. The molecule has 0 spiro atoms. The molecule has 1 aromatic rings. The highest BCUT2D eigenvalue weighted by atomic mass is 79.9. The van der Waals surface area contributed by atoms with Gasteiger partial charge in [0.1, 0.15) is 5.69 Å². The van der Waals surface area contributed by atoms with Crippen molar-refractivity contribution in [2.75, 3.05) is 14.1 Å². The molecule has 1 aliphatic carbocycles. The highest BCUT2D eigenvalue weighted by molar-refractivity contribution is 9.10. The Morgan fingerprint density at radius 1 is 1.57 bits per heavy atom. The first kappa shape index (κ1) is 16.7. The van der Waals surface area contributed by atoms with Gasteiger partial charge in [0.2, 0.25) is 5.78 Å². The predicted molar refractivity (Wildman–Crippen MR) is 88.6 cm³/mol. The van der Waals surface area contributed by atoms with Crippen molar-refractivity contribution in [2.45, 2.75) is 58.0 Å². The van der Waals surface area contributed by atoms with Gasteiger partial charge in [0, 0.05) is 6.54 Å².